The Hall–Kier alpha value is -3.08. The van der Waals surface area contributed by atoms with Crippen molar-refractivity contribution in [2.75, 3.05) is 17.3 Å². The Kier molecular flexibility index (Phi) is 5.50. The van der Waals surface area contributed by atoms with Crippen LogP contribution in [0.25, 0.3) is 10.8 Å². The lowest BCUT2D eigenvalue weighted by atomic mass is 9.99. The molecule has 2 bridgehead atoms. The Balaban J connectivity index is 1.50. The number of hydrogen-bond donors (Lipinski definition) is 2. The van der Waals surface area contributed by atoms with E-state index in [-0.39, 0.29) is 18.2 Å². The predicted molar refractivity (Wildman–Crippen MR) is 124 cm³/mol. The summed E-state index contributed by atoms with van der Waals surface area (Å²) in [6.45, 7) is 0.505. The highest BCUT2D eigenvalue weighted by Crippen LogP contribution is 2.41. The Morgan fingerprint density at radius 2 is 1.94 bits per heavy atom. The standard InChI is InChI=1S/C24H24ClN5O2/c1-32-22-7-3-15(9-21(22)25)13-27-23-20-8-14(12-26)2-6-19(20)24(29-28-23)30-16-4-5-17(30)11-18(31)10-16/h2-3,6-9,16-18,31H,4-5,10-11,13H2,1H3,(H,27,28). The van der Waals surface area contributed by atoms with Crippen LogP contribution >= 0.6 is 11.6 Å². The summed E-state index contributed by atoms with van der Waals surface area (Å²) in [6, 6.07) is 14.0. The second kappa shape index (κ2) is 8.45. The summed E-state index contributed by atoms with van der Waals surface area (Å²) in [6.07, 6.45) is 3.38. The van der Waals surface area contributed by atoms with Gasteiger partial charge in [0, 0.05) is 29.4 Å². The van der Waals surface area contributed by atoms with E-state index in [4.69, 9.17) is 16.3 Å². The summed E-state index contributed by atoms with van der Waals surface area (Å²) in [5.74, 6) is 2.09. The number of halogens is 1. The topological polar surface area (TPSA) is 94.3 Å². The molecule has 2 unspecified atom stereocenters. The Labute approximate surface area is 191 Å². The summed E-state index contributed by atoms with van der Waals surface area (Å²) >= 11 is 6.26. The normalized spacial score (nSPS) is 22.1. The fourth-order valence-corrected chi connectivity index (χ4v) is 5.31. The number of methoxy groups -OCH3 is 1. The van der Waals surface area contributed by atoms with Gasteiger partial charge in [-0.2, -0.15) is 5.26 Å². The molecule has 2 aromatic carbocycles. The molecule has 0 radical (unpaired) electrons. The molecular weight excluding hydrogens is 426 g/mol. The second-order valence-electron chi connectivity index (χ2n) is 8.48. The second-order valence-corrected chi connectivity index (χ2v) is 8.89. The van der Waals surface area contributed by atoms with E-state index in [2.05, 4.69) is 26.5 Å². The molecule has 0 amide bonds. The molecule has 2 aliphatic rings. The van der Waals surface area contributed by atoms with Gasteiger partial charge in [0.25, 0.3) is 0 Å². The summed E-state index contributed by atoms with van der Waals surface area (Å²) < 4.78 is 5.22. The van der Waals surface area contributed by atoms with E-state index >= 15 is 0 Å². The Morgan fingerprint density at radius 1 is 1.16 bits per heavy atom. The van der Waals surface area contributed by atoms with Crippen molar-refractivity contribution in [2.45, 2.75) is 50.4 Å². The molecule has 2 aliphatic heterocycles. The zero-order valence-corrected chi connectivity index (χ0v) is 18.5. The third kappa shape index (κ3) is 3.70. The molecule has 2 atom stereocenters. The van der Waals surface area contributed by atoms with Crippen LogP contribution in [0.4, 0.5) is 11.6 Å². The molecule has 0 aliphatic carbocycles. The first-order valence-electron chi connectivity index (χ1n) is 10.8. The number of ether oxygens (including phenoxy) is 1. The summed E-state index contributed by atoms with van der Waals surface area (Å²) in [5, 5.41) is 34.5. The number of rotatable bonds is 5. The average Bonchev–Trinajstić information content (AvgIpc) is 3.07. The number of hydrogen-bond acceptors (Lipinski definition) is 7. The van der Waals surface area contributed by atoms with Crippen molar-refractivity contribution in [3.63, 3.8) is 0 Å². The molecule has 5 rings (SSSR count). The predicted octanol–water partition coefficient (Wildman–Crippen LogP) is 4.27. The van der Waals surface area contributed by atoms with Gasteiger partial charge in [0.1, 0.15) is 5.75 Å². The Bertz CT molecular complexity index is 1200. The number of fused-ring (bicyclic) bond motifs is 3. The highest BCUT2D eigenvalue weighted by Gasteiger charge is 2.41. The molecule has 2 N–H and O–H groups in total. The van der Waals surface area contributed by atoms with Crippen molar-refractivity contribution >= 4 is 34.0 Å². The van der Waals surface area contributed by atoms with Crippen LogP contribution in [0, 0.1) is 11.3 Å². The van der Waals surface area contributed by atoms with Crippen LogP contribution in [0.2, 0.25) is 5.02 Å². The molecule has 7 nitrogen and oxygen atoms in total. The first-order valence-corrected chi connectivity index (χ1v) is 11.2. The van der Waals surface area contributed by atoms with Crippen molar-refractivity contribution in [1.82, 2.24) is 10.2 Å². The number of aliphatic hydroxyl groups is 1. The molecule has 2 fully saturated rings. The van der Waals surface area contributed by atoms with Crippen LogP contribution in [0.5, 0.6) is 5.75 Å². The van der Waals surface area contributed by atoms with Gasteiger partial charge in [-0.1, -0.05) is 17.7 Å². The molecular formula is C24H24ClN5O2. The van der Waals surface area contributed by atoms with Crippen LogP contribution in [0.1, 0.15) is 36.8 Å². The molecule has 2 saturated heterocycles. The minimum Gasteiger partial charge on any atom is -0.495 e. The lowest BCUT2D eigenvalue weighted by molar-refractivity contribution is 0.126. The van der Waals surface area contributed by atoms with Gasteiger partial charge in [0.05, 0.1) is 29.9 Å². The minimum absolute atomic E-state index is 0.245. The maximum Gasteiger partial charge on any atom is 0.159 e. The first kappa shape index (κ1) is 20.8. The number of nitriles is 1. The van der Waals surface area contributed by atoms with Crippen LogP contribution in [-0.2, 0) is 6.54 Å². The number of benzene rings is 2. The third-order valence-electron chi connectivity index (χ3n) is 6.52. The molecule has 0 spiro atoms. The van der Waals surface area contributed by atoms with Gasteiger partial charge < -0.3 is 20.1 Å². The smallest absolute Gasteiger partial charge is 0.159 e. The molecule has 3 heterocycles. The van der Waals surface area contributed by atoms with Crippen LogP contribution in [-0.4, -0.2) is 40.6 Å². The van der Waals surface area contributed by atoms with E-state index in [0.717, 1.165) is 47.8 Å². The van der Waals surface area contributed by atoms with Crippen LogP contribution in [0.15, 0.2) is 36.4 Å². The molecule has 3 aromatic rings. The first-order chi connectivity index (χ1) is 15.6. The van der Waals surface area contributed by atoms with Crippen LogP contribution < -0.4 is 15.0 Å². The van der Waals surface area contributed by atoms with Crippen molar-refractivity contribution in [1.29, 1.82) is 5.26 Å². The summed E-state index contributed by atoms with van der Waals surface area (Å²) in [4.78, 5) is 2.33. The van der Waals surface area contributed by atoms with Gasteiger partial charge in [-0.25, -0.2) is 0 Å². The largest absolute Gasteiger partial charge is 0.495 e. The van der Waals surface area contributed by atoms with Gasteiger partial charge in [0.15, 0.2) is 11.6 Å². The Morgan fingerprint density at radius 3 is 2.62 bits per heavy atom. The molecule has 0 saturated carbocycles. The van der Waals surface area contributed by atoms with Gasteiger partial charge in [-0.3, -0.25) is 0 Å². The lowest BCUT2D eigenvalue weighted by Gasteiger charge is -2.38. The summed E-state index contributed by atoms with van der Waals surface area (Å²) in [7, 11) is 1.59. The fourth-order valence-electron chi connectivity index (χ4n) is 5.03. The van der Waals surface area contributed by atoms with E-state index < -0.39 is 0 Å². The van der Waals surface area contributed by atoms with E-state index in [1.807, 2.05) is 36.4 Å². The molecule has 164 valence electrons. The molecule has 1 aromatic heterocycles. The number of aliphatic hydroxyl groups excluding tert-OH is 1. The summed E-state index contributed by atoms with van der Waals surface area (Å²) in [5.41, 5.74) is 1.55. The van der Waals surface area contributed by atoms with E-state index in [9.17, 15) is 10.4 Å². The van der Waals surface area contributed by atoms with E-state index in [1.165, 1.54) is 0 Å². The lowest BCUT2D eigenvalue weighted by Crippen LogP contribution is -2.45. The van der Waals surface area contributed by atoms with Gasteiger partial charge >= 0.3 is 0 Å². The van der Waals surface area contributed by atoms with Gasteiger partial charge in [0.2, 0.25) is 0 Å². The maximum atomic E-state index is 10.2. The van der Waals surface area contributed by atoms with E-state index in [1.54, 1.807) is 7.11 Å². The van der Waals surface area contributed by atoms with Crippen molar-refractivity contribution < 1.29 is 9.84 Å². The van der Waals surface area contributed by atoms with E-state index in [0.29, 0.717) is 28.7 Å². The number of nitrogens with zero attached hydrogens (tertiary/aromatic N) is 4. The minimum atomic E-state index is -0.245. The third-order valence-corrected chi connectivity index (χ3v) is 6.81. The highest BCUT2D eigenvalue weighted by molar-refractivity contribution is 6.32. The average molecular weight is 450 g/mol. The molecule has 32 heavy (non-hydrogen) atoms. The fraction of sp³-hybridized carbons (Fsp3) is 0.375. The zero-order valence-electron chi connectivity index (χ0n) is 17.8. The van der Waals surface area contributed by atoms with Crippen molar-refractivity contribution in [3.05, 3.63) is 52.5 Å². The quantitative estimate of drug-likeness (QED) is 0.600. The number of anilines is 2. The van der Waals surface area contributed by atoms with Crippen molar-refractivity contribution in [3.8, 4) is 11.8 Å². The maximum absolute atomic E-state index is 10.2. The zero-order chi connectivity index (χ0) is 22.2. The van der Waals surface area contributed by atoms with Crippen molar-refractivity contribution in [2.24, 2.45) is 0 Å². The molecule has 8 heteroatoms. The number of aromatic nitrogens is 2. The highest BCUT2D eigenvalue weighted by atomic mass is 35.5. The number of nitrogens with one attached hydrogen (secondary N) is 1. The number of piperidine rings is 1. The van der Waals surface area contributed by atoms with Gasteiger partial charge in [-0.15, -0.1) is 10.2 Å². The van der Waals surface area contributed by atoms with Gasteiger partial charge in [-0.05, 0) is 61.6 Å². The van der Waals surface area contributed by atoms with Crippen LogP contribution in [0.3, 0.4) is 0 Å². The monoisotopic (exact) mass is 449 g/mol. The SMILES string of the molecule is COc1ccc(CNc2nnc(N3C4CCC3CC(O)C4)c3ccc(C#N)cc23)cc1Cl.